The monoisotopic (exact) mass is 650 g/mol. The predicted molar refractivity (Wildman–Crippen MR) is 137 cm³/mol. The third kappa shape index (κ3) is 6.26. The van der Waals surface area contributed by atoms with Crippen molar-refractivity contribution in [2.75, 3.05) is 18.9 Å². The van der Waals surface area contributed by atoms with E-state index in [1.54, 1.807) is 0 Å². The molecular weight excluding hydrogens is 626 g/mol. The largest absolute Gasteiger partial charge is 0.481 e. The van der Waals surface area contributed by atoms with Gasteiger partial charge in [-0.15, -0.1) is 11.3 Å². The molecule has 42 heavy (non-hydrogen) atoms. The number of nitrogens with zero attached hydrogens (tertiary/aromatic N) is 5. The fraction of sp³-hybridized carbons (Fsp3) is 0.500. The number of hydrogen-bond acceptors (Lipinski definition) is 17. The van der Waals surface area contributed by atoms with Crippen molar-refractivity contribution in [3.63, 3.8) is 0 Å². The molecule has 0 amide bonds. The van der Waals surface area contributed by atoms with Crippen LogP contribution >= 0.6 is 27.0 Å². The third-order valence-corrected chi connectivity index (χ3v) is 10.0. The molecule has 2 aliphatic rings. The van der Waals surface area contributed by atoms with E-state index in [4.69, 9.17) is 25.0 Å². The van der Waals surface area contributed by atoms with Crippen LogP contribution in [0.2, 0.25) is 0 Å². The lowest BCUT2D eigenvalue weighted by atomic mass is 10.1. The first kappa shape index (κ1) is 31.0. The van der Waals surface area contributed by atoms with Crippen LogP contribution < -0.4 is 5.73 Å². The lowest BCUT2D eigenvalue weighted by Gasteiger charge is -2.20. The summed E-state index contributed by atoms with van der Waals surface area (Å²) >= 11 is 1.01. The molecule has 0 bridgehead atoms. The highest BCUT2D eigenvalue weighted by molar-refractivity contribution is 7.61. The maximum absolute atomic E-state index is 12.4. The van der Waals surface area contributed by atoms with Crippen LogP contribution in [0.25, 0.3) is 11.2 Å². The van der Waals surface area contributed by atoms with Gasteiger partial charge in [0.15, 0.2) is 17.7 Å². The summed E-state index contributed by atoms with van der Waals surface area (Å²) in [5.41, 5.74) is 6.12. The number of fused-ring (bicyclic) bond motifs is 1. The van der Waals surface area contributed by atoms with Gasteiger partial charge in [0.1, 0.15) is 65.5 Å². The molecule has 19 nitrogen and oxygen atoms in total. The Morgan fingerprint density at radius 1 is 0.976 bits per heavy atom. The lowest BCUT2D eigenvalue weighted by Crippen LogP contribution is -2.33. The van der Waals surface area contributed by atoms with E-state index in [1.807, 2.05) is 6.07 Å². The van der Waals surface area contributed by atoms with Crippen molar-refractivity contribution in [3.8, 4) is 6.07 Å². The molecule has 228 valence electrons. The van der Waals surface area contributed by atoms with E-state index in [-0.39, 0.29) is 17.0 Å². The van der Waals surface area contributed by atoms with Crippen LogP contribution in [0.1, 0.15) is 22.1 Å². The van der Waals surface area contributed by atoms with Gasteiger partial charge in [0.25, 0.3) is 0 Å². The summed E-state index contributed by atoms with van der Waals surface area (Å²) in [5.74, 6) is 0.0578. The van der Waals surface area contributed by atoms with E-state index in [0.29, 0.717) is 9.75 Å². The fourth-order valence-electron chi connectivity index (χ4n) is 4.35. The summed E-state index contributed by atoms with van der Waals surface area (Å²) in [7, 11) is -10.7. The average molecular weight is 650 g/mol. The van der Waals surface area contributed by atoms with E-state index in [0.717, 1.165) is 17.7 Å². The number of anilines is 1. The number of rotatable bonds is 10. The summed E-state index contributed by atoms with van der Waals surface area (Å²) < 4.78 is 50.7. The summed E-state index contributed by atoms with van der Waals surface area (Å²) in [6, 6.07) is 4.93. The highest BCUT2D eigenvalue weighted by atomic mass is 32.1. The Hall–Kier alpha value is -2.44. The van der Waals surface area contributed by atoms with Gasteiger partial charge in [0.05, 0.1) is 19.5 Å². The number of nitrogens with two attached hydrogens (primary N) is 1. The summed E-state index contributed by atoms with van der Waals surface area (Å²) in [6.45, 7) is -1.72. The van der Waals surface area contributed by atoms with Crippen LogP contribution in [-0.4, -0.2) is 99.6 Å². The van der Waals surface area contributed by atoms with Crippen LogP contribution in [0.15, 0.2) is 24.8 Å². The Kier molecular flexibility index (Phi) is 8.80. The van der Waals surface area contributed by atoms with E-state index in [9.17, 15) is 39.3 Å². The molecule has 22 heteroatoms. The van der Waals surface area contributed by atoms with E-state index < -0.39 is 77.8 Å². The first-order chi connectivity index (χ1) is 19.8. The molecule has 3 aromatic rings. The van der Waals surface area contributed by atoms with Crippen molar-refractivity contribution >= 4 is 44.0 Å². The SMILES string of the molecule is N#Cc1ccc([C@@H]2O[C@H](COP(=O)(O)OP(=O)(O)OC[C@H]3O[C@@H](n4cnc5c(N)ncnc54)[C@H](O)[C@@H]3O)[C@@H](O)[C@H]2O)s1. The summed E-state index contributed by atoms with van der Waals surface area (Å²) in [6.07, 6.45) is -8.95. The second-order valence-corrected chi connectivity index (χ2v) is 13.3. The number of ether oxygens (including phenoxy) is 2. The van der Waals surface area contributed by atoms with Crippen LogP contribution in [0, 0.1) is 11.3 Å². The van der Waals surface area contributed by atoms with Gasteiger partial charge < -0.3 is 45.4 Å². The molecule has 3 aromatic heterocycles. The van der Waals surface area contributed by atoms with Gasteiger partial charge in [-0.2, -0.15) is 9.57 Å². The maximum Gasteiger partial charge on any atom is 0.481 e. The number of aliphatic hydroxyl groups is 4. The molecule has 8 N–H and O–H groups in total. The Balaban J connectivity index is 1.15. The number of phosphoric ester groups is 2. The van der Waals surface area contributed by atoms with Crippen molar-refractivity contribution in [2.45, 2.75) is 49.0 Å². The highest BCUT2D eigenvalue weighted by Gasteiger charge is 2.48. The molecule has 2 saturated heterocycles. The minimum absolute atomic E-state index is 0.0578. The summed E-state index contributed by atoms with van der Waals surface area (Å²) in [5, 5.41) is 50.4. The summed E-state index contributed by atoms with van der Waals surface area (Å²) in [4.78, 5) is 32.6. The molecule has 0 aliphatic carbocycles. The zero-order chi connectivity index (χ0) is 30.4. The van der Waals surface area contributed by atoms with E-state index >= 15 is 0 Å². The quantitative estimate of drug-likeness (QED) is 0.130. The topological polar surface area (TPSA) is 295 Å². The van der Waals surface area contributed by atoms with E-state index in [1.165, 1.54) is 23.0 Å². The number of aromatic nitrogens is 4. The van der Waals surface area contributed by atoms with Gasteiger partial charge in [-0.3, -0.25) is 13.6 Å². The van der Waals surface area contributed by atoms with Crippen molar-refractivity contribution < 1.29 is 62.2 Å². The molecule has 5 heterocycles. The molecule has 5 rings (SSSR count). The molecule has 10 atom stereocenters. The predicted octanol–water partition coefficient (Wildman–Crippen LogP) is -0.927. The number of aliphatic hydroxyl groups excluding tert-OH is 4. The molecule has 2 fully saturated rings. The van der Waals surface area contributed by atoms with Crippen molar-refractivity contribution in [1.82, 2.24) is 19.5 Å². The first-order valence-electron chi connectivity index (χ1n) is 11.9. The number of thiophene rings is 1. The van der Waals surface area contributed by atoms with Crippen LogP contribution in [0.3, 0.4) is 0 Å². The Labute approximate surface area is 239 Å². The fourth-order valence-corrected chi connectivity index (χ4v) is 7.33. The molecule has 0 aromatic carbocycles. The molecule has 0 spiro atoms. The normalized spacial score (nSPS) is 32.5. The van der Waals surface area contributed by atoms with Crippen molar-refractivity contribution in [1.29, 1.82) is 5.26 Å². The number of phosphoric acid groups is 2. The molecular formula is C20H24N6O13P2S. The van der Waals surface area contributed by atoms with Crippen molar-refractivity contribution in [3.05, 3.63) is 34.5 Å². The molecule has 0 saturated carbocycles. The number of nitriles is 1. The second kappa shape index (κ2) is 11.9. The maximum atomic E-state index is 12.4. The highest BCUT2D eigenvalue weighted by Crippen LogP contribution is 2.61. The van der Waals surface area contributed by atoms with Crippen LogP contribution in [-0.2, 0) is 32.0 Å². The van der Waals surface area contributed by atoms with Gasteiger partial charge in [-0.05, 0) is 12.1 Å². The van der Waals surface area contributed by atoms with Gasteiger partial charge >= 0.3 is 15.6 Å². The Morgan fingerprint density at radius 3 is 2.26 bits per heavy atom. The van der Waals surface area contributed by atoms with Gasteiger partial charge in [0.2, 0.25) is 0 Å². The Bertz CT molecular complexity index is 1580. The molecule has 2 unspecified atom stereocenters. The van der Waals surface area contributed by atoms with Crippen LogP contribution in [0.4, 0.5) is 5.82 Å². The average Bonchev–Trinajstić information content (AvgIpc) is 3.70. The van der Waals surface area contributed by atoms with Crippen molar-refractivity contribution in [2.24, 2.45) is 0 Å². The number of imidazole rings is 1. The third-order valence-electron chi connectivity index (χ3n) is 6.39. The van der Waals surface area contributed by atoms with E-state index in [2.05, 4.69) is 23.8 Å². The zero-order valence-electron chi connectivity index (χ0n) is 21.0. The van der Waals surface area contributed by atoms with Gasteiger partial charge in [-0.25, -0.2) is 24.1 Å². The smallest absolute Gasteiger partial charge is 0.387 e. The Morgan fingerprint density at radius 2 is 1.62 bits per heavy atom. The zero-order valence-corrected chi connectivity index (χ0v) is 23.6. The standard InChI is InChI=1S/C20H24N6O13P2S/c21-3-8-1-2-11(42-8)17-15(29)13(27)9(37-17)4-35-40(31,32)39-41(33,34)36-5-10-14(28)16(30)20(38-10)26-7-25-12-18(22)23-6-24-19(12)26/h1-2,6-7,9-10,13-17,20,27-30H,4-5H2,(H,31,32)(H,33,34)(H2,22,23,24)/t9-,10-,13-,14-,15-,16-,17+,20-/m1/s1. The lowest BCUT2D eigenvalue weighted by molar-refractivity contribution is -0.0507. The van der Waals surface area contributed by atoms with Gasteiger partial charge in [0, 0.05) is 4.88 Å². The van der Waals surface area contributed by atoms with Crippen LogP contribution in [0.5, 0.6) is 0 Å². The van der Waals surface area contributed by atoms with Gasteiger partial charge in [-0.1, -0.05) is 0 Å². The molecule has 2 aliphatic heterocycles. The molecule has 0 radical (unpaired) electrons. The minimum Gasteiger partial charge on any atom is -0.387 e. The first-order valence-corrected chi connectivity index (χ1v) is 15.7. The number of nitrogen functional groups attached to an aromatic ring is 1. The number of hydrogen-bond donors (Lipinski definition) is 7. The second-order valence-electron chi connectivity index (χ2n) is 9.13. The minimum atomic E-state index is -5.34.